The molecule has 2 unspecified atom stereocenters. The summed E-state index contributed by atoms with van der Waals surface area (Å²) in [5, 5.41) is 5.91. The van der Waals surface area contributed by atoms with Crippen LogP contribution >= 0.6 is 11.6 Å². The Morgan fingerprint density at radius 2 is 1.54 bits per heavy atom. The Balaban J connectivity index is 1.24. The summed E-state index contributed by atoms with van der Waals surface area (Å²) in [5.74, 6) is 1.95. The third-order valence-corrected chi connectivity index (χ3v) is 6.99. The second-order valence-corrected chi connectivity index (χ2v) is 9.60. The van der Waals surface area contributed by atoms with Crippen LogP contribution in [-0.4, -0.2) is 77.6 Å². The van der Waals surface area contributed by atoms with Crippen molar-refractivity contribution in [2.24, 2.45) is 0 Å². The summed E-state index contributed by atoms with van der Waals surface area (Å²) < 4.78 is 11.3. The summed E-state index contributed by atoms with van der Waals surface area (Å²) in [6.45, 7) is 4.15. The van der Waals surface area contributed by atoms with Gasteiger partial charge < -0.3 is 29.9 Å². The lowest BCUT2D eigenvalue weighted by atomic mass is 10.2. The van der Waals surface area contributed by atoms with Crippen LogP contribution in [0.4, 0.5) is 28.1 Å². The van der Waals surface area contributed by atoms with E-state index in [1.54, 1.807) is 12.1 Å². The molecule has 6 rings (SSSR count). The summed E-state index contributed by atoms with van der Waals surface area (Å²) in [5.41, 5.74) is 2.02. The number of fused-ring (bicyclic) bond motifs is 2. The van der Waals surface area contributed by atoms with Crippen molar-refractivity contribution < 1.29 is 14.3 Å². The molecule has 0 saturated carbocycles. The zero-order chi connectivity index (χ0) is 25.2. The van der Waals surface area contributed by atoms with Gasteiger partial charge in [-0.2, -0.15) is 15.0 Å². The number of nitrogens with zero attached hydrogens (tertiary/aromatic N) is 6. The van der Waals surface area contributed by atoms with Crippen molar-refractivity contribution in [2.75, 3.05) is 60.0 Å². The molecule has 3 saturated heterocycles. The number of carbonyl (C=O) groups excluding carboxylic acids is 1. The number of hydrogen-bond donors (Lipinski definition) is 2. The van der Waals surface area contributed by atoms with Gasteiger partial charge in [-0.25, -0.2) is 9.78 Å². The number of nitrogens with one attached hydrogen (secondary N) is 2. The van der Waals surface area contributed by atoms with Gasteiger partial charge in [-0.3, -0.25) is 0 Å². The average molecular weight is 523 g/mol. The molecule has 0 spiro atoms. The van der Waals surface area contributed by atoms with Gasteiger partial charge in [0.1, 0.15) is 5.15 Å². The minimum absolute atomic E-state index is 0.285. The van der Waals surface area contributed by atoms with Gasteiger partial charge in [-0.15, -0.1) is 0 Å². The number of amides is 2. The number of anilines is 4. The largest absolute Gasteiger partial charge is 0.378 e. The second-order valence-electron chi connectivity index (χ2n) is 9.21. The predicted molar refractivity (Wildman–Crippen MR) is 140 cm³/mol. The van der Waals surface area contributed by atoms with Crippen LogP contribution in [0.25, 0.3) is 11.4 Å². The molecule has 1 aromatic carbocycles. The quantitative estimate of drug-likeness (QED) is 0.486. The van der Waals surface area contributed by atoms with Crippen molar-refractivity contribution in [1.82, 2.24) is 19.9 Å². The Morgan fingerprint density at radius 3 is 2.24 bits per heavy atom. The molecule has 0 radical (unpaired) electrons. The van der Waals surface area contributed by atoms with Crippen molar-refractivity contribution in [3.05, 3.63) is 47.7 Å². The first-order chi connectivity index (χ1) is 18.1. The molecule has 3 aliphatic rings. The molecule has 192 valence electrons. The number of aromatic nitrogens is 4. The van der Waals surface area contributed by atoms with Gasteiger partial charge >= 0.3 is 6.03 Å². The van der Waals surface area contributed by atoms with E-state index in [1.165, 1.54) is 6.20 Å². The third-order valence-electron chi connectivity index (χ3n) is 6.76. The number of carbonyl (C=O) groups is 1. The first-order valence-corrected chi connectivity index (χ1v) is 12.7. The molecule has 2 amide bonds. The number of hydrogen-bond acceptors (Lipinski definition) is 9. The summed E-state index contributed by atoms with van der Waals surface area (Å²) in [6.07, 6.45) is 3.65. The maximum Gasteiger partial charge on any atom is 0.323 e. The number of halogens is 1. The highest BCUT2D eigenvalue weighted by atomic mass is 35.5. The smallest absolute Gasteiger partial charge is 0.323 e. The van der Waals surface area contributed by atoms with Crippen LogP contribution in [-0.2, 0) is 9.47 Å². The van der Waals surface area contributed by atoms with Gasteiger partial charge in [0.25, 0.3) is 0 Å². The Kier molecular flexibility index (Phi) is 6.73. The first-order valence-electron chi connectivity index (χ1n) is 12.4. The van der Waals surface area contributed by atoms with Crippen LogP contribution in [0.1, 0.15) is 12.8 Å². The minimum atomic E-state index is -0.378. The molecule has 37 heavy (non-hydrogen) atoms. The molecule has 11 nitrogen and oxygen atoms in total. The van der Waals surface area contributed by atoms with E-state index in [1.807, 2.05) is 24.3 Å². The monoisotopic (exact) mass is 522 g/mol. The lowest BCUT2D eigenvalue weighted by molar-refractivity contribution is 0.0897. The number of urea groups is 1. The van der Waals surface area contributed by atoms with E-state index in [2.05, 4.69) is 25.4 Å². The van der Waals surface area contributed by atoms with E-state index in [9.17, 15) is 4.79 Å². The highest BCUT2D eigenvalue weighted by Gasteiger charge is 2.39. The summed E-state index contributed by atoms with van der Waals surface area (Å²) >= 11 is 5.80. The first kappa shape index (κ1) is 23.8. The SMILES string of the molecule is O=C(Nc1ccc(-c2nc(N3CCOCC3)nc(N3C4CCC3COC4)n2)cc1)Nc1ccc(Cl)nc1. The molecule has 2 N–H and O–H groups in total. The highest BCUT2D eigenvalue weighted by molar-refractivity contribution is 6.29. The van der Waals surface area contributed by atoms with Crippen LogP contribution in [0.5, 0.6) is 0 Å². The molecule has 5 heterocycles. The van der Waals surface area contributed by atoms with Gasteiger partial charge in [0.2, 0.25) is 11.9 Å². The maximum absolute atomic E-state index is 12.4. The number of benzene rings is 1. The van der Waals surface area contributed by atoms with Gasteiger partial charge in [0.05, 0.1) is 50.4 Å². The fourth-order valence-corrected chi connectivity index (χ4v) is 5.02. The molecule has 0 aliphatic carbocycles. The zero-order valence-corrected chi connectivity index (χ0v) is 20.9. The van der Waals surface area contributed by atoms with E-state index in [-0.39, 0.29) is 18.1 Å². The van der Waals surface area contributed by atoms with E-state index in [0.717, 1.165) is 31.5 Å². The molecular formula is C25H27ClN8O3. The fraction of sp³-hybridized carbons (Fsp3) is 0.400. The molecule has 12 heteroatoms. The normalized spacial score (nSPS) is 21.1. The van der Waals surface area contributed by atoms with E-state index >= 15 is 0 Å². The van der Waals surface area contributed by atoms with E-state index in [0.29, 0.717) is 60.7 Å². The summed E-state index contributed by atoms with van der Waals surface area (Å²) in [6, 6.07) is 10.9. The molecule has 2 aromatic heterocycles. The van der Waals surface area contributed by atoms with Crippen LogP contribution in [0.3, 0.4) is 0 Å². The highest BCUT2D eigenvalue weighted by Crippen LogP contribution is 2.33. The van der Waals surface area contributed by atoms with E-state index < -0.39 is 0 Å². The van der Waals surface area contributed by atoms with Crippen LogP contribution in [0.15, 0.2) is 42.6 Å². The predicted octanol–water partition coefficient (Wildman–Crippen LogP) is 3.44. The van der Waals surface area contributed by atoms with Crippen molar-refractivity contribution in [3.8, 4) is 11.4 Å². The molecule has 2 atom stereocenters. The van der Waals surface area contributed by atoms with Crippen LogP contribution in [0.2, 0.25) is 5.15 Å². The lowest BCUT2D eigenvalue weighted by Gasteiger charge is -2.35. The summed E-state index contributed by atoms with van der Waals surface area (Å²) in [7, 11) is 0. The number of pyridine rings is 1. The second kappa shape index (κ2) is 10.4. The van der Waals surface area contributed by atoms with Gasteiger partial charge in [-0.05, 0) is 49.2 Å². The van der Waals surface area contributed by atoms with Crippen molar-refractivity contribution in [3.63, 3.8) is 0 Å². The number of ether oxygens (including phenoxy) is 2. The number of morpholine rings is 2. The Hall–Kier alpha value is -3.54. The van der Waals surface area contributed by atoms with Crippen LogP contribution in [0, 0.1) is 0 Å². The van der Waals surface area contributed by atoms with Crippen molar-refractivity contribution >= 4 is 40.9 Å². The Labute approximate surface area is 219 Å². The molecule has 3 aliphatic heterocycles. The van der Waals surface area contributed by atoms with Crippen molar-refractivity contribution in [1.29, 1.82) is 0 Å². The van der Waals surface area contributed by atoms with Gasteiger partial charge in [-0.1, -0.05) is 11.6 Å². The Bertz CT molecular complexity index is 1240. The van der Waals surface area contributed by atoms with Crippen molar-refractivity contribution in [2.45, 2.75) is 24.9 Å². The van der Waals surface area contributed by atoms with E-state index in [4.69, 9.17) is 36.0 Å². The fourth-order valence-electron chi connectivity index (χ4n) is 4.90. The van der Waals surface area contributed by atoms with Gasteiger partial charge in [0, 0.05) is 24.3 Å². The maximum atomic E-state index is 12.4. The third kappa shape index (κ3) is 5.29. The molecule has 3 fully saturated rings. The molecule has 2 bridgehead atoms. The molecule has 3 aromatic rings. The van der Waals surface area contributed by atoms with Gasteiger partial charge in [0.15, 0.2) is 5.82 Å². The lowest BCUT2D eigenvalue weighted by Crippen LogP contribution is -2.47. The van der Waals surface area contributed by atoms with Crippen LogP contribution < -0.4 is 20.4 Å². The summed E-state index contributed by atoms with van der Waals surface area (Å²) in [4.78, 5) is 35.4. The Morgan fingerprint density at radius 1 is 0.865 bits per heavy atom. The standard InChI is InChI=1S/C25H27ClN8O3/c26-21-8-5-18(13-27-21)29-25(35)28-17-3-1-16(2-4-17)22-30-23(33-9-11-36-12-10-33)32-24(31-22)34-19-6-7-20(34)15-37-14-19/h1-5,8,13,19-20H,6-7,9-12,14-15H2,(H2,28,29,35). The topological polar surface area (TPSA) is 118 Å². The zero-order valence-electron chi connectivity index (χ0n) is 20.1. The minimum Gasteiger partial charge on any atom is -0.378 e. The molecular weight excluding hydrogens is 496 g/mol. The number of rotatable bonds is 5. The average Bonchev–Trinajstić information content (AvgIpc) is 3.18.